The van der Waals surface area contributed by atoms with Gasteiger partial charge in [-0.15, -0.1) is 0 Å². The maximum atomic E-state index is 11.2. The summed E-state index contributed by atoms with van der Waals surface area (Å²) in [5, 5.41) is 2.36. The molecule has 1 N–H and O–H groups in total. The van der Waals surface area contributed by atoms with Gasteiger partial charge in [0.2, 0.25) is 16.2 Å². The van der Waals surface area contributed by atoms with Crippen LogP contribution in [0.15, 0.2) is 17.1 Å². The normalized spacial score (nSPS) is 20.1. The molecule has 0 aromatic carbocycles. The number of nitrogens with zero attached hydrogens (tertiary/aromatic N) is 1. The highest BCUT2D eigenvalue weighted by Gasteiger charge is 2.22. The molecule has 0 radical (unpaired) electrons. The van der Waals surface area contributed by atoms with Crippen molar-refractivity contribution in [1.82, 2.24) is 5.32 Å². The molecule has 1 rings (SSSR count). The van der Waals surface area contributed by atoms with Crippen molar-refractivity contribution in [2.75, 3.05) is 7.05 Å². The zero-order valence-corrected chi connectivity index (χ0v) is 7.71. The molecule has 1 unspecified atom stereocenters. The van der Waals surface area contributed by atoms with Crippen LogP contribution in [0.1, 0.15) is 0 Å². The van der Waals surface area contributed by atoms with E-state index in [-0.39, 0.29) is 10.9 Å². The minimum Gasteiger partial charge on any atom is -0.358 e. The number of carbonyl (C=O) groups is 1. The Morgan fingerprint density at radius 3 is 2.85 bits per heavy atom. The van der Waals surface area contributed by atoms with Crippen molar-refractivity contribution in [1.29, 1.82) is 0 Å². The minimum atomic E-state index is -2.45. The monoisotopic (exact) mass is 200 g/mol. The molecule has 1 heterocycles. The number of hydrogen-bond acceptors (Lipinski definition) is 3. The summed E-state index contributed by atoms with van der Waals surface area (Å²) in [5.74, 6) is -1.18. The number of aliphatic imine (C=N–C) groups is 1. The van der Waals surface area contributed by atoms with Gasteiger partial charge in [0.15, 0.2) is 4.99 Å². The van der Waals surface area contributed by atoms with Crippen molar-refractivity contribution >= 4 is 27.4 Å². The Hall–Kier alpha value is -1.43. The van der Waals surface area contributed by atoms with Gasteiger partial charge in [0.25, 0.3) is 0 Å². The first kappa shape index (κ1) is 9.66. The molecule has 6 heteroatoms. The molecule has 5 nitrogen and oxygen atoms in total. The van der Waals surface area contributed by atoms with Gasteiger partial charge in [0.05, 0.1) is 0 Å². The highest BCUT2D eigenvalue weighted by molar-refractivity contribution is 7.73. The maximum Gasteiger partial charge on any atom is 0.237 e. The molecular weight excluding hydrogens is 192 g/mol. The first-order valence-electron chi connectivity index (χ1n) is 3.55. The molecule has 0 fully saturated rings. The van der Waals surface area contributed by atoms with E-state index < -0.39 is 16.2 Å². The second-order valence-electron chi connectivity index (χ2n) is 2.33. The van der Waals surface area contributed by atoms with E-state index in [1.165, 1.54) is 25.4 Å². The largest absolute Gasteiger partial charge is 0.358 e. The van der Waals surface area contributed by atoms with Crippen molar-refractivity contribution in [3.05, 3.63) is 12.2 Å². The Bertz CT molecular complexity index is 397. The minimum absolute atomic E-state index is 0.151. The standard InChI is InChI=1S/C7H8N2O3S/c1-8-6(10)5-3-2-4-9-7(5)13(11)12/h2-5H,1H3,(H,8,10). The van der Waals surface area contributed by atoms with Gasteiger partial charge in [-0.05, 0) is 6.08 Å². The molecule has 0 spiro atoms. The first-order chi connectivity index (χ1) is 6.16. The molecule has 0 aromatic heterocycles. The van der Waals surface area contributed by atoms with Gasteiger partial charge in [0.1, 0.15) is 5.92 Å². The molecule has 1 amide bonds. The summed E-state index contributed by atoms with van der Waals surface area (Å²) in [5.41, 5.74) is 0. The van der Waals surface area contributed by atoms with Crippen molar-refractivity contribution < 1.29 is 13.2 Å². The van der Waals surface area contributed by atoms with Crippen LogP contribution in [0.25, 0.3) is 0 Å². The summed E-state index contributed by atoms with van der Waals surface area (Å²) < 4.78 is 21.2. The van der Waals surface area contributed by atoms with Crippen molar-refractivity contribution in [2.24, 2.45) is 10.9 Å². The zero-order chi connectivity index (χ0) is 9.84. The third-order valence-electron chi connectivity index (χ3n) is 1.56. The Morgan fingerprint density at radius 2 is 2.31 bits per heavy atom. The van der Waals surface area contributed by atoms with Crippen molar-refractivity contribution in [2.45, 2.75) is 0 Å². The summed E-state index contributed by atoms with van der Waals surface area (Å²) in [6, 6.07) is 0. The van der Waals surface area contributed by atoms with Gasteiger partial charge in [-0.1, -0.05) is 6.08 Å². The molecule has 0 bridgehead atoms. The third-order valence-corrected chi connectivity index (χ3v) is 2.26. The predicted molar refractivity (Wildman–Crippen MR) is 49.1 cm³/mol. The molecule has 0 saturated heterocycles. The number of rotatable bonds is 1. The smallest absolute Gasteiger partial charge is 0.237 e. The lowest BCUT2D eigenvalue weighted by Gasteiger charge is -2.10. The van der Waals surface area contributed by atoms with Gasteiger partial charge < -0.3 is 5.32 Å². The average molecular weight is 200 g/mol. The summed E-state index contributed by atoms with van der Waals surface area (Å²) in [6.07, 6.45) is 4.36. The van der Waals surface area contributed by atoms with E-state index in [4.69, 9.17) is 0 Å². The fourth-order valence-electron chi connectivity index (χ4n) is 0.942. The maximum absolute atomic E-state index is 11.2. The lowest BCUT2D eigenvalue weighted by molar-refractivity contribution is -0.121. The number of allylic oxidation sites excluding steroid dienone is 1. The van der Waals surface area contributed by atoms with Crippen LogP contribution in [-0.4, -0.2) is 32.6 Å². The molecule has 70 valence electrons. The quantitative estimate of drug-likeness (QED) is 0.551. The Labute approximate surface area is 76.7 Å². The number of hydrogen-bond donors (Lipinski definition) is 1. The molecular formula is C7H8N2O3S. The molecule has 1 atom stereocenters. The van der Waals surface area contributed by atoms with Gasteiger partial charge in [-0.2, -0.15) is 8.42 Å². The highest BCUT2D eigenvalue weighted by atomic mass is 32.2. The topological polar surface area (TPSA) is 75.6 Å². The number of amides is 1. The van der Waals surface area contributed by atoms with Crippen LogP contribution in [0.4, 0.5) is 0 Å². The van der Waals surface area contributed by atoms with Crippen LogP contribution in [0.3, 0.4) is 0 Å². The van der Waals surface area contributed by atoms with Crippen LogP contribution < -0.4 is 5.32 Å². The summed E-state index contributed by atoms with van der Waals surface area (Å²) in [7, 11) is -1.00. The van der Waals surface area contributed by atoms with Crippen LogP contribution in [0.2, 0.25) is 0 Å². The zero-order valence-electron chi connectivity index (χ0n) is 6.89. The molecule has 0 saturated carbocycles. The number of carbonyl (C=O) groups excluding carboxylic acids is 1. The molecule has 1 aliphatic heterocycles. The van der Waals surface area contributed by atoms with Crippen LogP contribution >= 0.6 is 0 Å². The van der Waals surface area contributed by atoms with Gasteiger partial charge >= 0.3 is 0 Å². The molecule has 0 aliphatic carbocycles. The third kappa shape index (κ3) is 2.03. The van der Waals surface area contributed by atoms with Crippen LogP contribution in [-0.2, 0) is 15.1 Å². The predicted octanol–water partition coefficient (Wildman–Crippen LogP) is -1.00. The number of dihydropyridines is 1. The molecule has 13 heavy (non-hydrogen) atoms. The average Bonchev–Trinajstić information content (AvgIpc) is 2.16. The van der Waals surface area contributed by atoms with Crippen LogP contribution in [0, 0.1) is 5.92 Å². The lowest BCUT2D eigenvalue weighted by Crippen LogP contribution is -2.32. The van der Waals surface area contributed by atoms with Gasteiger partial charge in [-0.3, -0.25) is 4.79 Å². The SMILES string of the molecule is CNC(=O)C1C=CC=NC1=S(=O)=O. The van der Waals surface area contributed by atoms with E-state index in [9.17, 15) is 13.2 Å². The summed E-state index contributed by atoms with van der Waals surface area (Å²) >= 11 is 0. The second kappa shape index (κ2) is 3.99. The Kier molecular flexibility index (Phi) is 2.97. The van der Waals surface area contributed by atoms with E-state index in [1.807, 2.05) is 0 Å². The second-order valence-corrected chi connectivity index (χ2v) is 3.22. The Morgan fingerprint density at radius 1 is 1.62 bits per heavy atom. The lowest BCUT2D eigenvalue weighted by atomic mass is 10.1. The van der Waals surface area contributed by atoms with Crippen molar-refractivity contribution in [3.8, 4) is 0 Å². The highest BCUT2D eigenvalue weighted by Crippen LogP contribution is 2.06. The van der Waals surface area contributed by atoms with E-state index >= 15 is 0 Å². The van der Waals surface area contributed by atoms with E-state index in [0.29, 0.717) is 0 Å². The molecule has 1 aliphatic rings. The van der Waals surface area contributed by atoms with Crippen LogP contribution in [0.5, 0.6) is 0 Å². The fourth-order valence-corrected chi connectivity index (χ4v) is 1.48. The van der Waals surface area contributed by atoms with E-state index in [2.05, 4.69) is 10.3 Å². The van der Waals surface area contributed by atoms with Gasteiger partial charge in [-0.25, -0.2) is 4.99 Å². The van der Waals surface area contributed by atoms with E-state index in [0.717, 1.165) is 0 Å². The van der Waals surface area contributed by atoms with Crippen molar-refractivity contribution in [3.63, 3.8) is 0 Å². The summed E-state index contributed by atoms with van der Waals surface area (Å²) in [4.78, 5) is 14.6. The van der Waals surface area contributed by atoms with Gasteiger partial charge in [0, 0.05) is 13.3 Å². The fraction of sp³-hybridized carbons (Fsp3) is 0.286. The molecule has 0 aromatic rings. The van der Waals surface area contributed by atoms with E-state index in [1.54, 1.807) is 0 Å². The first-order valence-corrected chi connectivity index (χ1v) is 4.63. The number of nitrogens with one attached hydrogen (secondary N) is 1. The Balaban J connectivity index is 3.11. The summed E-state index contributed by atoms with van der Waals surface area (Å²) in [6.45, 7) is 0.